The monoisotopic (exact) mass is 330 g/mol. The van der Waals surface area contributed by atoms with Crippen LogP contribution < -0.4 is 15.4 Å². The van der Waals surface area contributed by atoms with Gasteiger partial charge in [0, 0.05) is 12.1 Å². The Morgan fingerprint density at radius 3 is 2.61 bits per heavy atom. The lowest BCUT2D eigenvalue weighted by Gasteiger charge is -2.16. The second-order valence-corrected chi connectivity index (χ2v) is 5.28. The SMILES string of the molecule is O=C1CCCCC(C(=O)Nc2ccc(OCC(F)(F)F)cc2)N1. The molecule has 2 N–H and O–H groups in total. The lowest BCUT2D eigenvalue weighted by Crippen LogP contribution is -2.42. The molecule has 0 spiro atoms. The summed E-state index contributed by atoms with van der Waals surface area (Å²) in [4.78, 5) is 23.6. The fourth-order valence-corrected chi connectivity index (χ4v) is 2.20. The third-order valence-corrected chi connectivity index (χ3v) is 3.32. The molecule has 8 heteroatoms. The normalized spacial score (nSPS) is 18.7. The van der Waals surface area contributed by atoms with E-state index in [1.807, 2.05) is 0 Å². The molecule has 23 heavy (non-hydrogen) atoms. The number of ether oxygens (including phenoxy) is 1. The number of rotatable bonds is 4. The van der Waals surface area contributed by atoms with Crippen molar-refractivity contribution in [3.8, 4) is 5.75 Å². The number of hydrogen-bond donors (Lipinski definition) is 2. The zero-order valence-electron chi connectivity index (χ0n) is 12.3. The van der Waals surface area contributed by atoms with Crippen LogP contribution in [0.2, 0.25) is 0 Å². The molecule has 1 saturated heterocycles. The Morgan fingerprint density at radius 1 is 1.26 bits per heavy atom. The number of carbonyl (C=O) groups excluding carboxylic acids is 2. The van der Waals surface area contributed by atoms with E-state index in [2.05, 4.69) is 15.4 Å². The molecule has 1 atom stereocenters. The average molecular weight is 330 g/mol. The number of hydrogen-bond acceptors (Lipinski definition) is 3. The first kappa shape index (κ1) is 17.1. The van der Waals surface area contributed by atoms with Crippen molar-refractivity contribution in [1.29, 1.82) is 0 Å². The van der Waals surface area contributed by atoms with E-state index < -0.39 is 18.8 Å². The fraction of sp³-hybridized carbons (Fsp3) is 0.467. The minimum Gasteiger partial charge on any atom is -0.484 e. The van der Waals surface area contributed by atoms with Gasteiger partial charge in [0.2, 0.25) is 11.8 Å². The molecule has 1 aliphatic rings. The molecule has 1 heterocycles. The van der Waals surface area contributed by atoms with Crippen molar-refractivity contribution in [2.45, 2.75) is 37.9 Å². The molecule has 1 aromatic carbocycles. The lowest BCUT2D eigenvalue weighted by atomic mass is 10.1. The molecule has 5 nitrogen and oxygen atoms in total. The summed E-state index contributed by atoms with van der Waals surface area (Å²) in [6, 6.07) is 4.98. The van der Waals surface area contributed by atoms with Crippen LogP contribution in [0, 0.1) is 0 Å². The fourth-order valence-electron chi connectivity index (χ4n) is 2.20. The van der Waals surface area contributed by atoms with Gasteiger partial charge in [-0.15, -0.1) is 0 Å². The van der Waals surface area contributed by atoms with Crippen molar-refractivity contribution in [2.75, 3.05) is 11.9 Å². The van der Waals surface area contributed by atoms with Gasteiger partial charge < -0.3 is 15.4 Å². The van der Waals surface area contributed by atoms with Crippen molar-refractivity contribution >= 4 is 17.5 Å². The number of anilines is 1. The molecule has 1 aromatic rings. The Balaban J connectivity index is 1.89. The first-order chi connectivity index (χ1) is 10.8. The van der Waals surface area contributed by atoms with Gasteiger partial charge in [-0.1, -0.05) is 6.42 Å². The Bertz CT molecular complexity index is 558. The summed E-state index contributed by atoms with van der Waals surface area (Å²) in [6.45, 7) is -1.37. The van der Waals surface area contributed by atoms with E-state index in [1.165, 1.54) is 24.3 Å². The number of amides is 2. The Labute approximate surface area is 131 Å². The topological polar surface area (TPSA) is 67.4 Å². The molecule has 0 aliphatic carbocycles. The van der Waals surface area contributed by atoms with Crippen LogP contribution in [0.1, 0.15) is 25.7 Å². The average Bonchev–Trinajstić information content (AvgIpc) is 2.70. The second kappa shape index (κ2) is 7.34. The highest BCUT2D eigenvalue weighted by Gasteiger charge is 2.28. The maximum atomic E-state index is 12.1. The molecule has 0 aromatic heterocycles. The zero-order valence-corrected chi connectivity index (χ0v) is 12.3. The van der Waals surface area contributed by atoms with Gasteiger partial charge in [0.15, 0.2) is 6.61 Å². The van der Waals surface area contributed by atoms with Crippen LogP contribution in [-0.4, -0.2) is 30.6 Å². The standard InChI is InChI=1S/C15H17F3N2O3/c16-15(17,18)9-23-11-7-5-10(6-8-11)19-14(22)12-3-1-2-4-13(21)20-12/h5-8,12H,1-4,9H2,(H,19,22)(H,20,21). The molecule has 0 saturated carbocycles. The van der Waals surface area contributed by atoms with Crippen LogP contribution in [0.3, 0.4) is 0 Å². The molecule has 2 amide bonds. The molecule has 1 fully saturated rings. The van der Waals surface area contributed by atoms with Crippen LogP contribution in [0.25, 0.3) is 0 Å². The third-order valence-electron chi connectivity index (χ3n) is 3.32. The van der Waals surface area contributed by atoms with Gasteiger partial charge >= 0.3 is 6.18 Å². The van der Waals surface area contributed by atoms with Crippen molar-refractivity contribution in [3.63, 3.8) is 0 Å². The van der Waals surface area contributed by atoms with E-state index in [-0.39, 0.29) is 17.6 Å². The van der Waals surface area contributed by atoms with Gasteiger partial charge in [-0.25, -0.2) is 0 Å². The molecular weight excluding hydrogens is 313 g/mol. The molecule has 126 valence electrons. The number of alkyl halides is 3. The van der Waals surface area contributed by atoms with Gasteiger partial charge in [-0.2, -0.15) is 13.2 Å². The van der Waals surface area contributed by atoms with Crippen LogP contribution in [-0.2, 0) is 9.59 Å². The molecular formula is C15H17F3N2O3. The van der Waals surface area contributed by atoms with Crippen LogP contribution >= 0.6 is 0 Å². The lowest BCUT2D eigenvalue weighted by molar-refractivity contribution is -0.153. The molecule has 1 unspecified atom stereocenters. The van der Waals surface area contributed by atoms with E-state index in [0.717, 1.165) is 12.8 Å². The summed E-state index contributed by atoms with van der Waals surface area (Å²) >= 11 is 0. The van der Waals surface area contributed by atoms with E-state index in [4.69, 9.17) is 0 Å². The summed E-state index contributed by atoms with van der Waals surface area (Å²) in [6.07, 6.45) is -1.90. The van der Waals surface area contributed by atoms with Gasteiger partial charge in [0.05, 0.1) is 0 Å². The first-order valence-corrected chi connectivity index (χ1v) is 7.23. The van der Waals surface area contributed by atoms with Gasteiger partial charge in [0.1, 0.15) is 11.8 Å². The number of halogens is 3. The van der Waals surface area contributed by atoms with Gasteiger partial charge in [-0.05, 0) is 37.1 Å². The van der Waals surface area contributed by atoms with Crippen molar-refractivity contribution in [1.82, 2.24) is 5.32 Å². The first-order valence-electron chi connectivity index (χ1n) is 7.23. The number of benzene rings is 1. The smallest absolute Gasteiger partial charge is 0.422 e. The van der Waals surface area contributed by atoms with E-state index in [0.29, 0.717) is 18.5 Å². The maximum Gasteiger partial charge on any atom is 0.422 e. The highest BCUT2D eigenvalue weighted by molar-refractivity contribution is 5.97. The van der Waals surface area contributed by atoms with Crippen LogP contribution in [0.15, 0.2) is 24.3 Å². The van der Waals surface area contributed by atoms with E-state index in [9.17, 15) is 22.8 Å². The number of nitrogens with one attached hydrogen (secondary N) is 2. The Morgan fingerprint density at radius 2 is 1.96 bits per heavy atom. The van der Waals surface area contributed by atoms with Crippen LogP contribution in [0.4, 0.5) is 18.9 Å². The maximum absolute atomic E-state index is 12.1. The van der Waals surface area contributed by atoms with Crippen molar-refractivity contribution in [2.24, 2.45) is 0 Å². The molecule has 1 aliphatic heterocycles. The minimum atomic E-state index is -4.40. The van der Waals surface area contributed by atoms with Gasteiger partial charge in [-0.3, -0.25) is 9.59 Å². The largest absolute Gasteiger partial charge is 0.484 e. The summed E-state index contributed by atoms with van der Waals surface area (Å²) in [7, 11) is 0. The van der Waals surface area contributed by atoms with Crippen molar-refractivity contribution < 1.29 is 27.5 Å². The van der Waals surface area contributed by atoms with E-state index in [1.54, 1.807) is 0 Å². The predicted molar refractivity (Wildman–Crippen MR) is 77.0 cm³/mol. The van der Waals surface area contributed by atoms with E-state index >= 15 is 0 Å². The molecule has 0 bridgehead atoms. The highest BCUT2D eigenvalue weighted by Crippen LogP contribution is 2.20. The highest BCUT2D eigenvalue weighted by atomic mass is 19.4. The Hall–Kier alpha value is -2.25. The zero-order chi connectivity index (χ0) is 16.9. The summed E-state index contributed by atoms with van der Waals surface area (Å²) in [5.41, 5.74) is 0.424. The van der Waals surface area contributed by atoms with Crippen molar-refractivity contribution in [3.05, 3.63) is 24.3 Å². The second-order valence-electron chi connectivity index (χ2n) is 5.28. The van der Waals surface area contributed by atoms with Gasteiger partial charge in [0.25, 0.3) is 0 Å². The molecule has 2 rings (SSSR count). The Kier molecular flexibility index (Phi) is 5.46. The summed E-state index contributed by atoms with van der Waals surface area (Å²) in [5, 5.41) is 5.27. The number of carbonyl (C=O) groups is 2. The van der Waals surface area contributed by atoms with Crippen LogP contribution in [0.5, 0.6) is 5.75 Å². The summed E-state index contributed by atoms with van der Waals surface area (Å²) < 4.78 is 40.7. The quantitative estimate of drug-likeness (QED) is 0.892. The summed E-state index contributed by atoms with van der Waals surface area (Å²) in [5.74, 6) is -0.439. The predicted octanol–water partition coefficient (Wildman–Crippen LogP) is 2.62. The minimum absolute atomic E-state index is 0.0584. The molecule has 0 radical (unpaired) electrons. The third kappa shape index (κ3) is 5.80.